The molecule has 0 N–H and O–H groups in total. The number of nitrogens with zero attached hydrogens (tertiary/aromatic N) is 5. The monoisotopic (exact) mass is 349 g/mol. The smallest absolute Gasteiger partial charge is 0.223 e. The topological polar surface area (TPSA) is 56.5 Å². The van der Waals surface area contributed by atoms with Crippen LogP contribution in [0.15, 0.2) is 91.1 Å². The highest BCUT2D eigenvalue weighted by Crippen LogP contribution is 2.29. The lowest BCUT2D eigenvalue weighted by Crippen LogP contribution is -1.99. The summed E-state index contributed by atoms with van der Waals surface area (Å²) in [6.45, 7) is 0. The first-order valence-electron chi connectivity index (χ1n) is 8.68. The number of hydrogen-bond donors (Lipinski definition) is 0. The Labute approximate surface area is 155 Å². The molecule has 5 rings (SSSR count). The number of rotatable bonds is 3. The summed E-state index contributed by atoms with van der Waals surface area (Å²) in [4.78, 5) is 5.82. The summed E-state index contributed by atoms with van der Waals surface area (Å²) in [5.41, 5.74) is 3.85. The van der Waals surface area contributed by atoms with Crippen LogP contribution in [0.5, 0.6) is 0 Å². The van der Waals surface area contributed by atoms with Crippen LogP contribution < -0.4 is 0 Å². The number of aromatic nitrogens is 5. The maximum Gasteiger partial charge on any atom is 0.223 e. The molecule has 5 aromatic rings. The molecule has 27 heavy (non-hydrogen) atoms. The zero-order valence-corrected chi connectivity index (χ0v) is 14.4. The third kappa shape index (κ3) is 2.85. The second kappa shape index (κ2) is 6.46. The standard InChI is InChI=1S/C22H15N5/c1-2-11-19-16(7-1)8-6-12-20(19)17-9-5-10-18(15-17)27-25-22(24-26-27)21-13-3-4-14-23-21/h1-15H. The molecule has 2 heterocycles. The Bertz CT molecular complexity index is 1220. The summed E-state index contributed by atoms with van der Waals surface area (Å²) < 4.78 is 0. The Morgan fingerprint density at radius 1 is 0.741 bits per heavy atom. The van der Waals surface area contributed by atoms with Crippen LogP contribution in [0.25, 0.3) is 39.1 Å². The van der Waals surface area contributed by atoms with Gasteiger partial charge in [-0.3, -0.25) is 4.98 Å². The average Bonchev–Trinajstić information content (AvgIpc) is 3.24. The Balaban J connectivity index is 1.58. The average molecular weight is 349 g/mol. The molecule has 2 aromatic heterocycles. The quantitative estimate of drug-likeness (QED) is 0.480. The zero-order valence-electron chi connectivity index (χ0n) is 14.4. The van der Waals surface area contributed by atoms with Crippen molar-refractivity contribution in [3.8, 4) is 28.3 Å². The highest BCUT2D eigenvalue weighted by molar-refractivity contribution is 5.96. The van der Waals surface area contributed by atoms with E-state index in [9.17, 15) is 0 Å². The van der Waals surface area contributed by atoms with Crippen molar-refractivity contribution in [2.24, 2.45) is 0 Å². The molecule has 128 valence electrons. The summed E-state index contributed by atoms with van der Waals surface area (Å²) in [6, 6.07) is 28.5. The molecule has 0 fully saturated rings. The van der Waals surface area contributed by atoms with E-state index in [1.165, 1.54) is 16.3 Å². The molecular weight excluding hydrogens is 334 g/mol. The molecule has 0 aliphatic heterocycles. The summed E-state index contributed by atoms with van der Waals surface area (Å²) in [6.07, 6.45) is 1.72. The van der Waals surface area contributed by atoms with Gasteiger partial charge in [0, 0.05) is 6.20 Å². The number of fused-ring (bicyclic) bond motifs is 1. The van der Waals surface area contributed by atoms with Crippen LogP contribution in [-0.2, 0) is 0 Å². The Morgan fingerprint density at radius 2 is 1.59 bits per heavy atom. The van der Waals surface area contributed by atoms with Crippen molar-refractivity contribution < 1.29 is 0 Å². The second-order valence-electron chi connectivity index (χ2n) is 6.19. The maximum absolute atomic E-state index is 4.48. The van der Waals surface area contributed by atoms with Crippen molar-refractivity contribution in [3.05, 3.63) is 91.1 Å². The van der Waals surface area contributed by atoms with E-state index < -0.39 is 0 Å². The van der Waals surface area contributed by atoms with E-state index in [2.05, 4.69) is 75.0 Å². The van der Waals surface area contributed by atoms with Crippen molar-refractivity contribution in [3.63, 3.8) is 0 Å². The van der Waals surface area contributed by atoms with Gasteiger partial charge in [-0.15, -0.1) is 15.0 Å². The summed E-state index contributed by atoms with van der Waals surface area (Å²) in [7, 11) is 0. The Kier molecular flexibility index (Phi) is 3.68. The lowest BCUT2D eigenvalue weighted by molar-refractivity contribution is 0.720. The predicted molar refractivity (Wildman–Crippen MR) is 105 cm³/mol. The van der Waals surface area contributed by atoms with E-state index in [4.69, 9.17) is 0 Å². The summed E-state index contributed by atoms with van der Waals surface area (Å²) in [5, 5.41) is 15.2. The fourth-order valence-electron chi connectivity index (χ4n) is 3.20. The van der Waals surface area contributed by atoms with Gasteiger partial charge in [-0.2, -0.15) is 0 Å². The minimum absolute atomic E-state index is 0.506. The largest absolute Gasteiger partial charge is 0.253 e. The van der Waals surface area contributed by atoms with E-state index in [0.29, 0.717) is 11.5 Å². The molecule has 0 aliphatic rings. The number of benzene rings is 3. The minimum Gasteiger partial charge on any atom is -0.253 e. The van der Waals surface area contributed by atoms with Gasteiger partial charge in [0.25, 0.3) is 0 Å². The van der Waals surface area contributed by atoms with Gasteiger partial charge in [0.1, 0.15) is 5.69 Å². The van der Waals surface area contributed by atoms with Crippen LogP contribution >= 0.6 is 0 Å². The van der Waals surface area contributed by atoms with Crippen LogP contribution in [-0.4, -0.2) is 25.2 Å². The maximum atomic E-state index is 4.48. The number of pyridine rings is 1. The molecule has 5 nitrogen and oxygen atoms in total. The van der Waals surface area contributed by atoms with E-state index in [0.717, 1.165) is 11.3 Å². The molecule has 0 radical (unpaired) electrons. The first-order chi connectivity index (χ1) is 13.4. The number of hydrogen-bond acceptors (Lipinski definition) is 4. The first-order valence-corrected chi connectivity index (χ1v) is 8.68. The van der Waals surface area contributed by atoms with Crippen LogP contribution in [0.2, 0.25) is 0 Å². The van der Waals surface area contributed by atoms with Crippen molar-refractivity contribution in [2.75, 3.05) is 0 Å². The van der Waals surface area contributed by atoms with E-state index in [-0.39, 0.29) is 0 Å². The van der Waals surface area contributed by atoms with Gasteiger partial charge in [-0.25, -0.2) is 0 Å². The predicted octanol–water partition coefficient (Wildman–Crippen LogP) is 4.54. The second-order valence-corrected chi connectivity index (χ2v) is 6.19. The highest BCUT2D eigenvalue weighted by Gasteiger charge is 2.10. The van der Waals surface area contributed by atoms with Gasteiger partial charge in [-0.05, 0) is 51.4 Å². The third-order valence-electron chi connectivity index (χ3n) is 4.49. The first kappa shape index (κ1) is 15.4. The third-order valence-corrected chi connectivity index (χ3v) is 4.49. The molecule has 0 bridgehead atoms. The number of tetrazole rings is 1. The van der Waals surface area contributed by atoms with Gasteiger partial charge < -0.3 is 0 Å². The fraction of sp³-hybridized carbons (Fsp3) is 0. The molecule has 0 saturated heterocycles. The van der Waals surface area contributed by atoms with Gasteiger partial charge >= 0.3 is 0 Å². The molecule has 0 aliphatic carbocycles. The van der Waals surface area contributed by atoms with Crippen LogP contribution in [0.1, 0.15) is 0 Å². The molecule has 3 aromatic carbocycles. The van der Waals surface area contributed by atoms with Crippen molar-refractivity contribution in [2.45, 2.75) is 0 Å². The van der Waals surface area contributed by atoms with Crippen LogP contribution in [0, 0.1) is 0 Å². The van der Waals surface area contributed by atoms with E-state index >= 15 is 0 Å². The Morgan fingerprint density at radius 3 is 2.52 bits per heavy atom. The molecule has 0 saturated carbocycles. The fourth-order valence-corrected chi connectivity index (χ4v) is 3.20. The summed E-state index contributed by atoms with van der Waals surface area (Å²) in [5.74, 6) is 0.506. The minimum atomic E-state index is 0.506. The van der Waals surface area contributed by atoms with Crippen molar-refractivity contribution in [1.29, 1.82) is 0 Å². The van der Waals surface area contributed by atoms with Crippen LogP contribution in [0.4, 0.5) is 0 Å². The van der Waals surface area contributed by atoms with Crippen molar-refractivity contribution in [1.82, 2.24) is 25.2 Å². The molecular formula is C22H15N5. The van der Waals surface area contributed by atoms with Crippen molar-refractivity contribution >= 4 is 10.8 Å². The molecule has 0 amide bonds. The van der Waals surface area contributed by atoms with Gasteiger partial charge in [0.05, 0.1) is 5.69 Å². The molecule has 0 unspecified atom stereocenters. The van der Waals surface area contributed by atoms with E-state index in [1.54, 1.807) is 11.0 Å². The lowest BCUT2D eigenvalue weighted by atomic mass is 9.98. The zero-order chi connectivity index (χ0) is 18.1. The van der Waals surface area contributed by atoms with E-state index in [1.807, 2.05) is 30.3 Å². The Hall–Kier alpha value is -3.86. The molecule has 0 spiro atoms. The van der Waals surface area contributed by atoms with Gasteiger partial charge in [0.2, 0.25) is 5.82 Å². The van der Waals surface area contributed by atoms with Gasteiger partial charge in [-0.1, -0.05) is 60.7 Å². The highest BCUT2D eigenvalue weighted by atomic mass is 15.6. The van der Waals surface area contributed by atoms with Crippen LogP contribution in [0.3, 0.4) is 0 Å². The summed E-state index contributed by atoms with van der Waals surface area (Å²) >= 11 is 0. The normalized spacial score (nSPS) is 11.0. The molecule has 5 heteroatoms. The SMILES string of the molecule is c1ccc(-c2nnn(-c3cccc(-c4cccc5ccccc45)c3)n2)nc1. The lowest BCUT2D eigenvalue weighted by Gasteiger charge is -2.08. The van der Waals surface area contributed by atoms with Gasteiger partial charge in [0.15, 0.2) is 0 Å². The molecule has 0 atom stereocenters.